The zero-order valence-corrected chi connectivity index (χ0v) is 10.5. The van der Waals surface area contributed by atoms with Gasteiger partial charge in [-0.25, -0.2) is 0 Å². The lowest BCUT2D eigenvalue weighted by Crippen LogP contribution is -2.32. The van der Waals surface area contributed by atoms with E-state index >= 15 is 0 Å². The Morgan fingerprint density at radius 2 is 1.58 bits per heavy atom. The third-order valence-corrected chi connectivity index (χ3v) is 2.80. The van der Waals surface area contributed by atoms with Crippen molar-refractivity contribution in [3.05, 3.63) is 66.2 Å². The lowest BCUT2D eigenvalue weighted by Gasteiger charge is -2.19. The summed E-state index contributed by atoms with van der Waals surface area (Å²) in [6, 6.07) is 20.8. The normalized spacial score (nSPS) is 9.63. The fraction of sp³-hybridized carbons (Fsp3) is 0.125. The average molecular weight is 250 g/mol. The largest absolute Gasteiger partial charge is 0.298 e. The van der Waals surface area contributed by atoms with E-state index in [2.05, 4.69) is 0 Å². The number of nitrogens with zero attached hydrogens (tertiary/aromatic N) is 2. The number of benzene rings is 2. The van der Waals surface area contributed by atoms with E-state index < -0.39 is 0 Å². The minimum absolute atomic E-state index is 0.0652. The Kier molecular flexibility index (Phi) is 4.30. The number of para-hydroxylation sites is 1. The van der Waals surface area contributed by atoms with Crippen LogP contribution in [0.4, 0.5) is 5.69 Å². The molecule has 1 amide bonds. The molecule has 19 heavy (non-hydrogen) atoms. The number of nitriles is 1. The van der Waals surface area contributed by atoms with Gasteiger partial charge in [-0.05, 0) is 17.7 Å². The molecule has 0 N–H and O–H groups in total. The first-order valence-electron chi connectivity index (χ1n) is 6.07. The van der Waals surface area contributed by atoms with Crippen LogP contribution in [-0.4, -0.2) is 12.5 Å². The van der Waals surface area contributed by atoms with Crippen molar-refractivity contribution >= 4 is 11.6 Å². The first-order valence-corrected chi connectivity index (χ1v) is 6.07. The van der Waals surface area contributed by atoms with Crippen molar-refractivity contribution in [1.29, 1.82) is 5.26 Å². The highest BCUT2D eigenvalue weighted by atomic mass is 16.2. The van der Waals surface area contributed by atoms with Crippen molar-refractivity contribution in [2.45, 2.75) is 6.42 Å². The highest BCUT2D eigenvalue weighted by Crippen LogP contribution is 2.14. The standard InChI is InChI=1S/C16H14N2O/c17-11-12-18(15-9-5-2-6-10-15)16(19)13-14-7-3-1-4-8-14/h1-10H,12-13H2. The van der Waals surface area contributed by atoms with Gasteiger partial charge >= 0.3 is 0 Å². The van der Waals surface area contributed by atoms with Crippen molar-refractivity contribution in [1.82, 2.24) is 0 Å². The van der Waals surface area contributed by atoms with Gasteiger partial charge in [0, 0.05) is 5.69 Å². The lowest BCUT2D eigenvalue weighted by molar-refractivity contribution is -0.117. The zero-order chi connectivity index (χ0) is 13.5. The van der Waals surface area contributed by atoms with Crippen LogP contribution in [-0.2, 0) is 11.2 Å². The van der Waals surface area contributed by atoms with Crippen molar-refractivity contribution in [3.8, 4) is 6.07 Å². The number of hydrogen-bond donors (Lipinski definition) is 0. The molecule has 0 spiro atoms. The topological polar surface area (TPSA) is 44.1 Å². The molecular weight excluding hydrogens is 236 g/mol. The van der Waals surface area contributed by atoms with Crippen LogP contribution in [0.15, 0.2) is 60.7 Å². The molecule has 3 heteroatoms. The Balaban J connectivity index is 2.16. The Hall–Kier alpha value is -2.60. The molecule has 0 aromatic heterocycles. The van der Waals surface area contributed by atoms with Gasteiger partial charge in [-0.3, -0.25) is 9.69 Å². The highest BCUT2D eigenvalue weighted by Gasteiger charge is 2.15. The molecule has 0 saturated heterocycles. The smallest absolute Gasteiger partial charge is 0.232 e. The number of anilines is 1. The third-order valence-electron chi connectivity index (χ3n) is 2.80. The molecule has 2 aromatic carbocycles. The average Bonchev–Trinajstić information content (AvgIpc) is 2.46. The van der Waals surface area contributed by atoms with Gasteiger partial charge in [-0.2, -0.15) is 5.26 Å². The fourth-order valence-electron chi connectivity index (χ4n) is 1.87. The van der Waals surface area contributed by atoms with Crippen LogP contribution in [0.1, 0.15) is 5.56 Å². The number of rotatable bonds is 4. The van der Waals surface area contributed by atoms with Crippen molar-refractivity contribution in [2.24, 2.45) is 0 Å². The fourth-order valence-corrected chi connectivity index (χ4v) is 1.87. The Bertz CT molecular complexity index is 573. The van der Waals surface area contributed by atoms with Gasteiger partial charge < -0.3 is 0 Å². The maximum absolute atomic E-state index is 12.3. The van der Waals surface area contributed by atoms with Gasteiger partial charge in [0.25, 0.3) is 0 Å². The number of carbonyl (C=O) groups is 1. The lowest BCUT2D eigenvalue weighted by atomic mass is 10.1. The predicted molar refractivity (Wildman–Crippen MR) is 74.6 cm³/mol. The van der Waals surface area contributed by atoms with E-state index in [-0.39, 0.29) is 12.5 Å². The molecule has 0 aliphatic rings. The van der Waals surface area contributed by atoms with E-state index in [0.29, 0.717) is 6.42 Å². The number of carbonyl (C=O) groups excluding carboxylic acids is 1. The molecule has 0 unspecified atom stereocenters. The summed E-state index contributed by atoms with van der Waals surface area (Å²) in [6.45, 7) is 0.0652. The van der Waals surface area contributed by atoms with Crippen molar-refractivity contribution in [2.75, 3.05) is 11.4 Å². The number of amides is 1. The van der Waals surface area contributed by atoms with Gasteiger partial charge in [0.2, 0.25) is 5.91 Å². The van der Waals surface area contributed by atoms with Gasteiger partial charge in [-0.15, -0.1) is 0 Å². The third kappa shape index (κ3) is 3.43. The van der Waals surface area contributed by atoms with Crippen molar-refractivity contribution in [3.63, 3.8) is 0 Å². The second kappa shape index (κ2) is 6.36. The molecular formula is C16H14N2O. The van der Waals surface area contributed by atoms with Crippen molar-refractivity contribution < 1.29 is 4.79 Å². The summed E-state index contributed by atoms with van der Waals surface area (Å²) in [5.74, 6) is -0.0704. The summed E-state index contributed by atoms with van der Waals surface area (Å²) in [5, 5.41) is 8.87. The summed E-state index contributed by atoms with van der Waals surface area (Å²) in [7, 11) is 0. The minimum atomic E-state index is -0.0704. The molecule has 3 nitrogen and oxygen atoms in total. The number of hydrogen-bond acceptors (Lipinski definition) is 2. The molecule has 0 heterocycles. The Labute approximate surface area is 112 Å². The van der Waals surface area contributed by atoms with Crippen LogP contribution in [0.2, 0.25) is 0 Å². The van der Waals surface area contributed by atoms with Crippen LogP contribution < -0.4 is 4.90 Å². The maximum atomic E-state index is 12.3. The van der Waals surface area contributed by atoms with Gasteiger partial charge in [0.05, 0.1) is 12.5 Å². The van der Waals surface area contributed by atoms with Crippen LogP contribution in [0.3, 0.4) is 0 Å². The SMILES string of the molecule is N#CCN(C(=O)Cc1ccccc1)c1ccccc1. The van der Waals surface area contributed by atoms with Crippen LogP contribution in [0.5, 0.6) is 0 Å². The summed E-state index contributed by atoms with van der Waals surface area (Å²) in [4.78, 5) is 13.8. The molecule has 2 aromatic rings. The summed E-state index contributed by atoms with van der Waals surface area (Å²) < 4.78 is 0. The van der Waals surface area contributed by atoms with E-state index in [1.54, 1.807) is 0 Å². The van der Waals surface area contributed by atoms with E-state index in [1.807, 2.05) is 66.7 Å². The highest BCUT2D eigenvalue weighted by molar-refractivity contribution is 5.95. The second-order valence-corrected chi connectivity index (χ2v) is 4.14. The summed E-state index contributed by atoms with van der Waals surface area (Å²) in [6.07, 6.45) is 0.303. The zero-order valence-electron chi connectivity index (χ0n) is 10.5. The molecule has 94 valence electrons. The first kappa shape index (κ1) is 12.8. The second-order valence-electron chi connectivity index (χ2n) is 4.14. The molecule has 0 saturated carbocycles. The van der Waals surface area contributed by atoms with E-state index in [0.717, 1.165) is 11.3 Å². The molecule has 2 rings (SSSR count). The van der Waals surface area contributed by atoms with Crippen LogP contribution in [0, 0.1) is 11.3 Å². The summed E-state index contributed by atoms with van der Waals surface area (Å²) in [5.41, 5.74) is 1.70. The molecule has 0 aliphatic heterocycles. The van der Waals surface area contributed by atoms with Crippen LogP contribution >= 0.6 is 0 Å². The minimum Gasteiger partial charge on any atom is -0.298 e. The van der Waals surface area contributed by atoms with E-state index in [4.69, 9.17) is 5.26 Å². The monoisotopic (exact) mass is 250 g/mol. The van der Waals surface area contributed by atoms with Crippen LogP contribution in [0.25, 0.3) is 0 Å². The first-order chi connectivity index (χ1) is 9.31. The summed E-state index contributed by atoms with van der Waals surface area (Å²) >= 11 is 0. The molecule has 0 atom stereocenters. The quantitative estimate of drug-likeness (QED) is 0.783. The molecule has 0 fully saturated rings. The molecule has 0 radical (unpaired) electrons. The Morgan fingerprint density at radius 3 is 2.16 bits per heavy atom. The van der Waals surface area contributed by atoms with E-state index in [1.165, 1.54) is 4.90 Å². The molecule has 0 bridgehead atoms. The van der Waals surface area contributed by atoms with Gasteiger partial charge in [0.15, 0.2) is 0 Å². The predicted octanol–water partition coefficient (Wildman–Crippen LogP) is 2.79. The van der Waals surface area contributed by atoms with E-state index in [9.17, 15) is 4.79 Å². The van der Waals surface area contributed by atoms with Gasteiger partial charge in [-0.1, -0.05) is 48.5 Å². The maximum Gasteiger partial charge on any atom is 0.232 e. The van der Waals surface area contributed by atoms with Gasteiger partial charge in [0.1, 0.15) is 6.54 Å². The molecule has 0 aliphatic carbocycles. The Morgan fingerprint density at radius 1 is 1.00 bits per heavy atom.